The summed E-state index contributed by atoms with van der Waals surface area (Å²) in [5.74, 6) is -0.00694. The van der Waals surface area contributed by atoms with E-state index in [0.717, 1.165) is 64.2 Å². The second kappa shape index (κ2) is 9.44. The highest BCUT2D eigenvalue weighted by Crippen LogP contribution is 2.16. The molecule has 26 heavy (non-hydrogen) atoms. The molecule has 1 atom stereocenters. The number of nitrogens with one attached hydrogen (secondary N) is 1. The lowest BCUT2D eigenvalue weighted by atomic mass is 10.0. The summed E-state index contributed by atoms with van der Waals surface area (Å²) in [5, 5.41) is 3.19. The highest BCUT2D eigenvalue weighted by molar-refractivity contribution is 5.76. The zero-order valence-electron chi connectivity index (χ0n) is 15.8. The summed E-state index contributed by atoms with van der Waals surface area (Å²) in [6, 6.07) is 7.12. The topological polar surface area (TPSA) is 38.8 Å². The minimum Gasteiger partial charge on any atom is -0.352 e. The van der Waals surface area contributed by atoms with Crippen LogP contribution < -0.4 is 5.32 Å². The number of amides is 1. The second-order valence-electron chi connectivity index (χ2n) is 7.63. The quantitative estimate of drug-likeness (QED) is 0.833. The van der Waals surface area contributed by atoms with Crippen molar-refractivity contribution in [3.63, 3.8) is 0 Å². The Bertz CT molecular complexity index is 589. The van der Waals surface area contributed by atoms with Gasteiger partial charge in [0.25, 0.3) is 0 Å². The van der Waals surface area contributed by atoms with Crippen LogP contribution in [-0.4, -0.2) is 79.5 Å². The molecule has 0 radical (unpaired) electrons. The number of likely N-dealkylation sites (tertiary alicyclic amines) is 1. The fourth-order valence-electron chi connectivity index (χ4n) is 3.82. The van der Waals surface area contributed by atoms with Crippen LogP contribution in [0.4, 0.5) is 4.39 Å². The van der Waals surface area contributed by atoms with Gasteiger partial charge in [-0.1, -0.05) is 18.2 Å². The van der Waals surface area contributed by atoms with Crippen LogP contribution in [0.3, 0.4) is 0 Å². The highest BCUT2D eigenvalue weighted by atomic mass is 19.1. The molecule has 2 aliphatic rings. The largest absolute Gasteiger partial charge is 0.352 e. The molecular weight excluding hydrogens is 331 g/mol. The van der Waals surface area contributed by atoms with E-state index >= 15 is 0 Å². The van der Waals surface area contributed by atoms with E-state index in [2.05, 4.69) is 27.1 Å². The van der Waals surface area contributed by atoms with Crippen molar-refractivity contribution in [2.75, 3.05) is 52.9 Å². The average molecular weight is 362 g/mol. The number of halogens is 1. The molecular formula is C20H31FN4O. The highest BCUT2D eigenvalue weighted by Gasteiger charge is 2.22. The molecule has 0 aromatic heterocycles. The Labute approximate surface area is 156 Å². The van der Waals surface area contributed by atoms with Gasteiger partial charge >= 0.3 is 0 Å². The summed E-state index contributed by atoms with van der Waals surface area (Å²) in [6.07, 6.45) is 2.61. The van der Waals surface area contributed by atoms with Gasteiger partial charge in [-0.2, -0.15) is 0 Å². The third-order valence-corrected chi connectivity index (χ3v) is 5.47. The monoisotopic (exact) mass is 362 g/mol. The molecule has 2 fully saturated rings. The maximum absolute atomic E-state index is 13.8. The number of likely N-dealkylation sites (N-methyl/N-ethyl adjacent to an activating group) is 1. The van der Waals surface area contributed by atoms with Gasteiger partial charge < -0.3 is 15.1 Å². The van der Waals surface area contributed by atoms with Crippen molar-refractivity contribution in [3.8, 4) is 0 Å². The number of piperidine rings is 1. The maximum atomic E-state index is 13.8. The number of benzene rings is 1. The van der Waals surface area contributed by atoms with Crippen LogP contribution in [-0.2, 0) is 11.3 Å². The average Bonchev–Trinajstić information content (AvgIpc) is 2.63. The van der Waals surface area contributed by atoms with Gasteiger partial charge in [0.05, 0.1) is 0 Å². The number of hydrogen-bond donors (Lipinski definition) is 1. The first-order chi connectivity index (χ1) is 12.6. The Balaban J connectivity index is 1.40. The first-order valence-corrected chi connectivity index (χ1v) is 9.76. The van der Waals surface area contributed by atoms with Gasteiger partial charge in [0, 0.05) is 63.8 Å². The van der Waals surface area contributed by atoms with Crippen LogP contribution >= 0.6 is 0 Å². The summed E-state index contributed by atoms with van der Waals surface area (Å²) >= 11 is 0. The zero-order valence-corrected chi connectivity index (χ0v) is 15.8. The molecule has 6 heteroatoms. The van der Waals surface area contributed by atoms with E-state index in [4.69, 9.17) is 0 Å². The van der Waals surface area contributed by atoms with E-state index in [1.165, 1.54) is 6.07 Å². The van der Waals surface area contributed by atoms with Gasteiger partial charge in [0.1, 0.15) is 5.82 Å². The lowest BCUT2D eigenvalue weighted by Crippen LogP contribution is -2.49. The van der Waals surface area contributed by atoms with Crippen molar-refractivity contribution in [3.05, 3.63) is 35.6 Å². The normalized spacial score (nSPS) is 23.1. The molecule has 0 spiro atoms. The predicted molar refractivity (Wildman–Crippen MR) is 101 cm³/mol. The van der Waals surface area contributed by atoms with E-state index in [0.29, 0.717) is 13.0 Å². The number of nitrogens with zero attached hydrogens (tertiary/aromatic N) is 3. The summed E-state index contributed by atoms with van der Waals surface area (Å²) in [6.45, 7) is 7.46. The Hall–Kier alpha value is -1.50. The molecule has 2 aliphatic heterocycles. The molecule has 0 bridgehead atoms. The van der Waals surface area contributed by atoms with E-state index in [-0.39, 0.29) is 17.8 Å². The van der Waals surface area contributed by atoms with Gasteiger partial charge in [0.15, 0.2) is 0 Å². The van der Waals surface area contributed by atoms with Gasteiger partial charge in [-0.3, -0.25) is 9.69 Å². The van der Waals surface area contributed by atoms with Gasteiger partial charge in [-0.15, -0.1) is 0 Å². The van der Waals surface area contributed by atoms with Gasteiger partial charge in [-0.05, 0) is 32.5 Å². The summed E-state index contributed by atoms with van der Waals surface area (Å²) in [5.41, 5.74) is 0.731. The first-order valence-electron chi connectivity index (χ1n) is 9.76. The molecule has 2 heterocycles. The van der Waals surface area contributed by atoms with Gasteiger partial charge in [-0.25, -0.2) is 4.39 Å². The molecule has 0 aliphatic carbocycles. The Kier molecular flexibility index (Phi) is 7.00. The number of carbonyl (C=O) groups excluding carboxylic acids is 1. The molecule has 5 nitrogen and oxygen atoms in total. The Morgan fingerprint density at radius 3 is 2.69 bits per heavy atom. The number of hydrogen-bond acceptors (Lipinski definition) is 4. The lowest BCUT2D eigenvalue weighted by Gasteiger charge is -2.34. The van der Waals surface area contributed by atoms with E-state index < -0.39 is 0 Å². The number of piperazine rings is 1. The zero-order chi connectivity index (χ0) is 18.4. The summed E-state index contributed by atoms with van der Waals surface area (Å²) in [4.78, 5) is 19.2. The van der Waals surface area contributed by atoms with E-state index in [9.17, 15) is 9.18 Å². The Morgan fingerprint density at radius 2 is 1.92 bits per heavy atom. The standard InChI is InChI=1S/C20H31FN4O/c1-23-11-13-24(14-12-23)10-8-20(26)22-18-6-4-9-25(16-18)15-17-5-2-3-7-19(17)21/h2-3,5,7,18H,4,6,8-16H2,1H3,(H,22,26)/t18-/m0/s1. The van der Waals surface area contributed by atoms with Crippen molar-refractivity contribution in [1.82, 2.24) is 20.0 Å². The fraction of sp³-hybridized carbons (Fsp3) is 0.650. The molecule has 1 N–H and O–H groups in total. The predicted octanol–water partition coefficient (Wildman–Crippen LogP) is 1.54. The summed E-state index contributed by atoms with van der Waals surface area (Å²) < 4.78 is 13.8. The van der Waals surface area contributed by atoms with Crippen LogP contribution in [0.15, 0.2) is 24.3 Å². The second-order valence-corrected chi connectivity index (χ2v) is 7.63. The van der Waals surface area contributed by atoms with Crippen molar-refractivity contribution in [2.45, 2.75) is 31.8 Å². The van der Waals surface area contributed by atoms with Crippen LogP contribution in [0, 0.1) is 5.82 Å². The molecule has 0 unspecified atom stereocenters. The molecule has 1 aromatic carbocycles. The number of carbonyl (C=O) groups is 1. The van der Waals surface area contributed by atoms with Crippen molar-refractivity contribution >= 4 is 5.91 Å². The lowest BCUT2D eigenvalue weighted by molar-refractivity contribution is -0.122. The first kappa shape index (κ1) is 19.3. The van der Waals surface area contributed by atoms with Crippen LogP contribution in [0.5, 0.6) is 0 Å². The van der Waals surface area contributed by atoms with Crippen LogP contribution in [0.25, 0.3) is 0 Å². The minimum absolute atomic E-state index is 0.140. The van der Waals surface area contributed by atoms with Crippen molar-refractivity contribution in [1.29, 1.82) is 0 Å². The van der Waals surface area contributed by atoms with E-state index in [1.54, 1.807) is 6.07 Å². The van der Waals surface area contributed by atoms with Crippen LogP contribution in [0.1, 0.15) is 24.8 Å². The van der Waals surface area contributed by atoms with Crippen molar-refractivity contribution in [2.24, 2.45) is 0 Å². The molecule has 2 saturated heterocycles. The Morgan fingerprint density at radius 1 is 1.15 bits per heavy atom. The molecule has 3 rings (SSSR count). The van der Waals surface area contributed by atoms with Gasteiger partial charge in [0.2, 0.25) is 5.91 Å². The van der Waals surface area contributed by atoms with Crippen molar-refractivity contribution < 1.29 is 9.18 Å². The number of rotatable bonds is 6. The third-order valence-electron chi connectivity index (χ3n) is 5.47. The molecule has 0 saturated carbocycles. The third kappa shape index (κ3) is 5.76. The smallest absolute Gasteiger partial charge is 0.221 e. The SMILES string of the molecule is CN1CCN(CCC(=O)N[C@H]2CCCN(Cc3ccccc3F)C2)CC1. The molecule has 1 amide bonds. The fourth-order valence-corrected chi connectivity index (χ4v) is 3.82. The maximum Gasteiger partial charge on any atom is 0.221 e. The molecule has 1 aromatic rings. The molecule has 144 valence electrons. The summed E-state index contributed by atoms with van der Waals surface area (Å²) in [7, 11) is 2.14. The van der Waals surface area contributed by atoms with E-state index in [1.807, 2.05) is 12.1 Å². The van der Waals surface area contributed by atoms with Crippen LogP contribution in [0.2, 0.25) is 0 Å². The minimum atomic E-state index is -0.147.